The van der Waals surface area contributed by atoms with Crippen molar-refractivity contribution in [2.45, 2.75) is 23.7 Å². The van der Waals surface area contributed by atoms with Gasteiger partial charge in [-0.25, -0.2) is 13.4 Å². The van der Waals surface area contributed by atoms with Crippen LogP contribution in [0.5, 0.6) is 0 Å². The molecule has 128 valence electrons. The number of hydrogen-bond acceptors (Lipinski definition) is 4. The van der Waals surface area contributed by atoms with E-state index < -0.39 is 10.0 Å². The molecule has 0 spiro atoms. The number of halogens is 1. The Morgan fingerprint density at radius 3 is 2.62 bits per heavy atom. The lowest BCUT2D eigenvalue weighted by Gasteiger charge is -2.16. The van der Waals surface area contributed by atoms with Gasteiger partial charge in [0, 0.05) is 24.0 Å². The average molecular weight is 428 g/mol. The van der Waals surface area contributed by atoms with E-state index in [4.69, 9.17) is 0 Å². The van der Waals surface area contributed by atoms with E-state index in [0.29, 0.717) is 16.7 Å². The molecule has 1 aromatic carbocycles. The van der Waals surface area contributed by atoms with Crippen LogP contribution in [0.1, 0.15) is 24.3 Å². The SMILES string of the molecule is CN(CP)S(=O)(=O)c1ccc(Nc2ccc(C3CC3)cn2)c(Br)c1. The molecule has 5 nitrogen and oxygen atoms in total. The van der Waals surface area contributed by atoms with Crippen LogP contribution in [0.3, 0.4) is 0 Å². The number of nitrogens with zero attached hydrogens (tertiary/aromatic N) is 2. The summed E-state index contributed by atoms with van der Waals surface area (Å²) in [7, 11) is 0.486. The minimum atomic E-state index is -3.47. The highest BCUT2D eigenvalue weighted by atomic mass is 79.9. The van der Waals surface area contributed by atoms with E-state index in [1.165, 1.54) is 22.7 Å². The third kappa shape index (κ3) is 3.80. The molecule has 1 heterocycles. The van der Waals surface area contributed by atoms with E-state index in [1.807, 2.05) is 12.3 Å². The fraction of sp³-hybridized carbons (Fsp3) is 0.312. The quantitative estimate of drug-likeness (QED) is 0.709. The van der Waals surface area contributed by atoms with Crippen LogP contribution in [0.25, 0.3) is 0 Å². The van der Waals surface area contributed by atoms with Crippen LogP contribution in [0.15, 0.2) is 45.9 Å². The number of rotatable bonds is 6. The predicted octanol–water partition coefficient (Wildman–Crippen LogP) is 3.92. The maximum Gasteiger partial charge on any atom is 0.243 e. The van der Waals surface area contributed by atoms with Crippen LogP contribution in [0, 0.1) is 0 Å². The average Bonchev–Trinajstić information content (AvgIpc) is 3.41. The minimum Gasteiger partial charge on any atom is -0.339 e. The number of pyridine rings is 1. The van der Waals surface area contributed by atoms with Crippen molar-refractivity contribution in [3.63, 3.8) is 0 Å². The molecule has 0 radical (unpaired) electrons. The molecule has 1 aliphatic carbocycles. The van der Waals surface area contributed by atoms with Gasteiger partial charge in [0.05, 0.1) is 10.6 Å². The van der Waals surface area contributed by atoms with Gasteiger partial charge in [0.2, 0.25) is 10.0 Å². The second-order valence-corrected chi connectivity index (χ2v) is 9.07. The van der Waals surface area contributed by atoms with Gasteiger partial charge in [0.1, 0.15) is 5.82 Å². The van der Waals surface area contributed by atoms with E-state index in [-0.39, 0.29) is 4.90 Å². The number of hydrogen-bond donors (Lipinski definition) is 1. The lowest BCUT2D eigenvalue weighted by atomic mass is 10.2. The molecule has 0 saturated heterocycles. The maximum absolute atomic E-state index is 12.4. The van der Waals surface area contributed by atoms with Crippen molar-refractivity contribution in [1.82, 2.24) is 9.29 Å². The Morgan fingerprint density at radius 1 is 1.33 bits per heavy atom. The van der Waals surface area contributed by atoms with E-state index in [2.05, 4.69) is 41.5 Å². The van der Waals surface area contributed by atoms with Crippen LogP contribution in [0.4, 0.5) is 11.5 Å². The molecule has 3 rings (SSSR count). The van der Waals surface area contributed by atoms with Gasteiger partial charge < -0.3 is 5.32 Å². The van der Waals surface area contributed by atoms with E-state index in [9.17, 15) is 8.42 Å². The zero-order valence-corrected chi connectivity index (χ0v) is 16.8. The molecule has 0 aliphatic heterocycles. The van der Waals surface area contributed by atoms with E-state index >= 15 is 0 Å². The van der Waals surface area contributed by atoms with Crippen molar-refractivity contribution >= 4 is 46.7 Å². The summed E-state index contributed by atoms with van der Waals surface area (Å²) < 4.78 is 26.7. The molecule has 1 atom stereocenters. The number of anilines is 2. The molecule has 8 heteroatoms. The van der Waals surface area contributed by atoms with E-state index in [0.717, 1.165) is 11.5 Å². The zero-order chi connectivity index (χ0) is 17.3. The number of nitrogens with one attached hydrogen (secondary N) is 1. The summed E-state index contributed by atoms with van der Waals surface area (Å²) in [5.74, 6) is 1.41. The monoisotopic (exact) mass is 427 g/mol. The van der Waals surface area contributed by atoms with Crippen molar-refractivity contribution in [2.75, 3.05) is 18.7 Å². The molecule has 0 amide bonds. The first-order valence-electron chi connectivity index (χ1n) is 7.61. The zero-order valence-electron chi connectivity index (χ0n) is 13.2. The molecule has 1 N–H and O–H groups in total. The Kier molecular flexibility index (Phi) is 5.25. The molecule has 0 bridgehead atoms. The highest BCUT2D eigenvalue weighted by Crippen LogP contribution is 2.40. The highest BCUT2D eigenvalue weighted by molar-refractivity contribution is 9.10. The summed E-state index contributed by atoms with van der Waals surface area (Å²) in [5, 5.41) is 3.21. The second-order valence-electron chi connectivity index (χ2n) is 5.80. The standard InChI is InChI=1S/C16H19BrN3O2PS/c1-20(10-23)24(21,22)13-5-6-15(14(17)8-13)19-16-7-4-12(9-18-16)11-2-3-11/h4-9,11H,2-3,10,23H2,1H3,(H,18,19). The molecule has 2 aromatic rings. The van der Waals surface area contributed by atoms with Crippen molar-refractivity contribution < 1.29 is 8.42 Å². The Labute approximate surface area is 153 Å². The van der Waals surface area contributed by atoms with Gasteiger partial charge in [0.25, 0.3) is 0 Å². The predicted molar refractivity (Wildman–Crippen MR) is 103 cm³/mol. The van der Waals surface area contributed by atoms with Crippen LogP contribution >= 0.6 is 25.2 Å². The summed E-state index contributed by atoms with van der Waals surface area (Å²) in [6, 6.07) is 8.98. The summed E-state index contributed by atoms with van der Waals surface area (Å²) in [5.41, 5.74) is 2.05. The van der Waals surface area contributed by atoms with Crippen molar-refractivity contribution in [1.29, 1.82) is 0 Å². The first-order valence-corrected chi connectivity index (χ1v) is 10.7. The smallest absolute Gasteiger partial charge is 0.243 e. The summed E-state index contributed by atoms with van der Waals surface area (Å²) in [6.07, 6.45) is 4.75. The van der Waals surface area contributed by atoms with Crippen LogP contribution in [-0.4, -0.2) is 31.0 Å². The van der Waals surface area contributed by atoms with Crippen LogP contribution in [0.2, 0.25) is 0 Å². The Bertz CT molecular complexity index is 839. The van der Waals surface area contributed by atoms with Gasteiger partial charge in [-0.15, -0.1) is 9.24 Å². The highest BCUT2D eigenvalue weighted by Gasteiger charge is 2.23. The molecule has 1 fully saturated rings. The number of sulfonamides is 1. The molecular weight excluding hydrogens is 409 g/mol. The lowest BCUT2D eigenvalue weighted by Crippen LogP contribution is -2.25. The molecule has 24 heavy (non-hydrogen) atoms. The first-order chi connectivity index (χ1) is 11.4. The Morgan fingerprint density at radius 2 is 2.08 bits per heavy atom. The van der Waals surface area contributed by atoms with Gasteiger partial charge in [-0.2, -0.15) is 4.31 Å². The normalized spacial score (nSPS) is 14.8. The van der Waals surface area contributed by atoms with Gasteiger partial charge in [0.15, 0.2) is 0 Å². The van der Waals surface area contributed by atoms with Gasteiger partial charge in [-0.1, -0.05) is 6.07 Å². The molecule has 1 aromatic heterocycles. The third-order valence-electron chi connectivity index (χ3n) is 4.00. The first kappa shape index (κ1) is 17.8. The van der Waals surface area contributed by atoms with Crippen molar-refractivity contribution in [2.24, 2.45) is 0 Å². The molecule has 1 unspecified atom stereocenters. The van der Waals surface area contributed by atoms with Gasteiger partial charge in [-0.05, 0) is 64.5 Å². The van der Waals surface area contributed by atoms with Crippen LogP contribution < -0.4 is 5.32 Å². The summed E-state index contributed by atoms with van der Waals surface area (Å²) >= 11 is 3.44. The Balaban J connectivity index is 1.79. The largest absolute Gasteiger partial charge is 0.339 e. The fourth-order valence-corrected chi connectivity index (χ4v) is 4.59. The van der Waals surface area contributed by atoms with Gasteiger partial charge in [-0.3, -0.25) is 0 Å². The summed E-state index contributed by atoms with van der Waals surface area (Å²) in [6.45, 7) is 0. The minimum absolute atomic E-state index is 0.252. The number of aromatic nitrogens is 1. The maximum atomic E-state index is 12.4. The van der Waals surface area contributed by atoms with Gasteiger partial charge >= 0.3 is 0 Å². The molecule has 1 saturated carbocycles. The Hall–Kier alpha value is -1.01. The van der Waals surface area contributed by atoms with Crippen molar-refractivity contribution in [3.8, 4) is 0 Å². The summed E-state index contributed by atoms with van der Waals surface area (Å²) in [4.78, 5) is 4.68. The molecular formula is C16H19BrN3O2PS. The second kappa shape index (κ2) is 7.08. The fourth-order valence-electron chi connectivity index (χ4n) is 2.31. The third-order valence-corrected chi connectivity index (χ3v) is 7.29. The van der Waals surface area contributed by atoms with E-state index in [1.54, 1.807) is 25.2 Å². The lowest BCUT2D eigenvalue weighted by molar-refractivity contribution is 0.512. The van der Waals surface area contributed by atoms with Crippen molar-refractivity contribution in [3.05, 3.63) is 46.6 Å². The van der Waals surface area contributed by atoms with Crippen LogP contribution in [-0.2, 0) is 10.0 Å². The topological polar surface area (TPSA) is 62.3 Å². The molecule has 1 aliphatic rings. The number of benzene rings is 1.